The van der Waals surface area contributed by atoms with Gasteiger partial charge in [0, 0.05) is 0 Å². The molecule has 0 saturated carbocycles. The lowest BCUT2D eigenvalue weighted by Crippen LogP contribution is -2.12. The number of hydrogen-bond donors (Lipinski definition) is 0. The largest absolute Gasteiger partial charge is 0.261 e. The molecule has 0 spiro atoms. The maximum atomic E-state index is 2.33. The Morgan fingerprint density at radius 2 is 0.378 bits per heavy atom. The van der Waals surface area contributed by atoms with Crippen LogP contribution in [-0.2, 0) is 0 Å². The summed E-state index contributed by atoms with van der Waals surface area (Å²) >= 11 is -0.466. The van der Waals surface area contributed by atoms with Crippen LogP contribution in [0.25, 0.3) is 0 Å². The summed E-state index contributed by atoms with van der Waals surface area (Å²) in [4.78, 5) is 0. The second kappa shape index (κ2) is 34.6. The van der Waals surface area contributed by atoms with E-state index in [1.54, 1.807) is 35.1 Å². The van der Waals surface area contributed by atoms with Crippen molar-refractivity contribution in [1.29, 1.82) is 0 Å². The normalized spacial score (nSPS) is 11.4. The van der Waals surface area contributed by atoms with E-state index in [-0.39, 0.29) is 0 Å². The third kappa shape index (κ3) is 32.6. The summed E-state index contributed by atoms with van der Waals surface area (Å²) in [7, 11) is 0. The summed E-state index contributed by atoms with van der Waals surface area (Å²) in [6, 6.07) is 0. The smallest absolute Gasteiger partial charge is 0.0939 e. The van der Waals surface area contributed by atoms with E-state index in [4.69, 9.17) is 0 Å². The van der Waals surface area contributed by atoms with Gasteiger partial charge in [0.2, 0.25) is 0 Å². The molecule has 0 aromatic carbocycles. The molecular weight excluding hydrogens is 459 g/mol. The SMILES string of the molecule is CCCCCCCCCCCCC[CH2][Al]([CH2]CCCCCCCCC)[CH2]CCCCCCCCCCC. The second-order valence-electron chi connectivity index (χ2n) is 12.8. The summed E-state index contributed by atoms with van der Waals surface area (Å²) in [6.07, 6.45) is 44.8. The number of unbranched alkanes of at least 4 members (excludes halogenated alkanes) is 27. The lowest BCUT2D eigenvalue weighted by molar-refractivity contribution is 0.547. The van der Waals surface area contributed by atoms with Crippen molar-refractivity contribution in [2.45, 2.75) is 229 Å². The van der Waals surface area contributed by atoms with E-state index in [9.17, 15) is 0 Å². The van der Waals surface area contributed by atoms with Gasteiger partial charge in [-0.3, -0.25) is 0 Å². The van der Waals surface area contributed by atoms with Gasteiger partial charge < -0.3 is 0 Å². The molecule has 0 aliphatic carbocycles. The van der Waals surface area contributed by atoms with Crippen LogP contribution >= 0.6 is 0 Å². The molecule has 0 aromatic heterocycles. The van der Waals surface area contributed by atoms with Crippen LogP contribution in [0.4, 0.5) is 0 Å². The fraction of sp³-hybridized carbons (Fsp3) is 1.00. The van der Waals surface area contributed by atoms with E-state index in [0.29, 0.717) is 0 Å². The summed E-state index contributed by atoms with van der Waals surface area (Å²) in [5, 5.41) is 5.01. The van der Waals surface area contributed by atoms with Crippen molar-refractivity contribution in [2.24, 2.45) is 0 Å². The van der Waals surface area contributed by atoms with E-state index >= 15 is 0 Å². The molecule has 0 amide bonds. The highest BCUT2D eigenvalue weighted by Crippen LogP contribution is 2.21. The van der Waals surface area contributed by atoms with E-state index in [1.807, 2.05) is 0 Å². The third-order valence-corrected chi connectivity index (χ3v) is 12.6. The van der Waals surface area contributed by atoms with Crippen molar-refractivity contribution in [3.8, 4) is 0 Å². The van der Waals surface area contributed by atoms with Crippen molar-refractivity contribution in [3.05, 3.63) is 0 Å². The standard InChI is InChI=1S/C14H29.C12H25.C10H21.Al/c1-3-5-7-9-11-13-14-12-10-8-6-4-2;1-3-5-7-9-11-12-10-8-6-4-2;1-3-5-7-9-10-8-6-4-2;/h1,3-14H2,2H3;1,3-12H2,2H3;1,3-10H2,2H3;. The van der Waals surface area contributed by atoms with Gasteiger partial charge in [-0.1, -0.05) is 229 Å². The van der Waals surface area contributed by atoms with Gasteiger partial charge in [0.25, 0.3) is 14.1 Å². The predicted molar refractivity (Wildman–Crippen MR) is 176 cm³/mol. The Morgan fingerprint density at radius 3 is 0.568 bits per heavy atom. The predicted octanol–water partition coefficient (Wildman–Crippen LogP) is 14.2. The van der Waals surface area contributed by atoms with E-state index in [0.717, 1.165) is 0 Å². The van der Waals surface area contributed by atoms with Crippen LogP contribution in [0.3, 0.4) is 0 Å². The summed E-state index contributed by atoms with van der Waals surface area (Å²) in [5.41, 5.74) is 0. The van der Waals surface area contributed by atoms with Gasteiger partial charge in [0.1, 0.15) is 0 Å². The van der Waals surface area contributed by atoms with Gasteiger partial charge in [-0.25, -0.2) is 0 Å². The lowest BCUT2D eigenvalue weighted by atomic mass is 10.1. The summed E-state index contributed by atoms with van der Waals surface area (Å²) in [6.45, 7) is 6.97. The molecule has 1 heteroatoms. The highest BCUT2D eigenvalue weighted by Gasteiger charge is 2.15. The minimum atomic E-state index is -0.466. The number of hydrogen-bond acceptors (Lipinski definition) is 0. The van der Waals surface area contributed by atoms with Crippen LogP contribution in [0.2, 0.25) is 15.8 Å². The van der Waals surface area contributed by atoms with Crippen molar-refractivity contribution in [1.82, 2.24) is 0 Å². The molecule has 0 saturated heterocycles. The van der Waals surface area contributed by atoms with Crippen LogP contribution in [0.15, 0.2) is 0 Å². The van der Waals surface area contributed by atoms with Gasteiger partial charge in [-0.2, -0.15) is 0 Å². The minimum absolute atomic E-state index is 0.466. The summed E-state index contributed by atoms with van der Waals surface area (Å²) in [5.74, 6) is 0. The van der Waals surface area contributed by atoms with Crippen molar-refractivity contribution < 1.29 is 0 Å². The van der Waals surface area contributed by atoms with Gasteiger partial charge in [-0.05, 0) is 0 Å². The first-order valence-electron chi connectivity index (χ1n) is 18.3. The fourth-order valence-electron chi connectivity index (χ4n) is 6.19. The molecule has 0 bridgehead atoms. The molecule has 0 atom stereocenters. The average Bonchev–Trinajstić information content (AvgIpc) is 2.91. The Bertz CT molecular complexity index is 379. The zero-order valence-electron chi connectivity index (χ0n) is 26.9. The Kier molecular flexibility index (Phi) is 35.1. The Labute approximate surface area is 242 Å². The van der Waals surface area contributed by atoms with E-state index in [2.05, 4.69) is 20.8 Å². The van der Waals surface area contributed by atoms with Crippen LogP contribution < -0.4 is 0 Å². The van der Waals surface area contributed by atoms with E-state index < -0.39 is 14.1 Å². The van der Waals surface area contributed by atoms with Gasteiger partial charge >= 0.3 is 0 Å². The summed E-state index contributed by atoms with van der Waals surface area (Å²) < 4.78 is 0. The lowest BCUT2D eigenvalue weighted by Gasteiger charge is -2.12. The fourth-order valence-corrected chi connectivity index (χ4v) is 9.66. The number of rotatable bonds is 33. The maximum Gasteiger partial charge on any atom is 0.261 e. The molecule has 0 aromatic rings. The zero-order chi connectivity index (χ0) is 26.9. The van der Waals surface area contributed by atoms with E-state index in [1.165, 1.54) is 173 Å². The first-order chi connectivity index (χ1) is 18.3. The van der Waals surface area contributed by atoms with Crippen molar-refractivity contribution in [3.63, 3.8) is 0 Å². The molecule has 0 rings (SSSR count). The molecule has 0 aliphatic heterocycles. The quantitative estimate of drug-likeness (QED) is 0.0580. The molecule has 37 heavy (non-hydrogen) atoms. The van der Waals surface area contributed by atoms with Crippen molar-refractivity contribution >= 4 is 14.1 Å². The van der Waals surface area contributed by atoms with Gasteiger partial charge in [0.15, 0.2) is 0 Å². The zero-order valence-corrected chi connectivity index (χ0v) is 28.1. The highest BCUT2D eigenvalue weighted by atomic mass is 27.2. The molecule has 0 aliphatic rings. The molecule has 222 valence electrons. The Morgan fingerprint density at radius 1 is 0.216 bits per heavy atom. The maximum absolute atomic E-state index is 2.33. The molecule has 0 nitrogen and oxygen atoms in total. The third-order valence-electron chi connectivity index (χ3n) is 8.90. The van der Waals surface area contributed by atoms with Gasteiger partial charge in [0.05, 0.1) is 0 Å². The molecule has 0 radical (unpaired) electrons. The van der Waals surface area contributed by atoms with Gasteiger partial charge in [-0.15, -0.1) is 0 Å². The first kappa shape index (κ1) is 37.5. The van der Waals surface area contributed by atoms with Crippen LogP contribution in [0, 0.1) is 0 Å². The van der Waals surface area contributed by atoms with Crippen LogP contribution in [0.1, 0.15) is 213 Å². The monoisotopic (exact) mass is 535 g/mol. The van der Waals surface area contributed by atoms with Crippen LogP contribution in [-0.4, -0.2) is 14.1 Å². The first-order valence-corrected chi connectivity index (χ1v) is 20.8. The topological polar surface area (TPSA) is 0 Å². The minimum Gasteiger partial charge on any atom is -0.0939 e. The molecule has 0 fully saturated rings. The Balaban J connectivity index is 3.84. The highest BCUT2D eigenvalue weighted by molar-refractivity contribution is 6.58. The molecule has 0 heterocycles. The molecular formula is C36H75Al. The average molecular weight is 535 g/mol. The Hall–Kier alpha value is 0.532. The molecule has 0 N–H and O–H groups in total. The van der Waals surface area contributed by atoms with Crippen LogP contribution in [0.5, 0.6) is 0 Å². The molecule has 0 unspecified atom stereocenters. The van der Waals surface area contributed by atoms with Crippen molar-refractivity contribution in [2.75, 3.05) is 0 Å². The second-order valence-corrected chi connectivity index (χ2v) is 16.2.